The van der Waals surface area contributed by atoms with Gasteiger partial charge in [0.15, 0.2) is 0 Å². The van der Waals surface area contributed by atoms with Gasteiger partial charge >= 0.3 is 7.12 Å². The smallest absolute Gasteiger partial charge is 0.399 e. The standard InChI is InChI=1S/C14H23BO2S/c1-10(2)9-11-7-8-12(18-11)15-16-13(3,4)14(5,6)17-15/h7-8,10H,9H2,1-6H3/i1D3,2D3,7D,8D,9D2,10D. The Balaban J connectivity index is 2.64. The molecule has 18 heavy (non-hydrogen) atoms. The monoisotopic (exact) mass is 277 g/mol. The first-order valence-corrected chi connectivity index (χ1v) is 6.39. The lowest BCUT2D eigenvalue weighted by atomic mass is 9.88. The summed E-state index contributed by atoms with van der Waals surface area (Å²) in [6, 6.07) is -1.14. The molecule has 0 saturated carbocycles. The van der Waals surface area contributed by atoms with Crippen LogP contribution >= 0.6 is 11.3 Å². The van der Waals surface area contributed by atoms with Crippen LogP contribution in [0.2, 0.25) is 0 Å². The number of rotatable bonds is 3. The molecule has 1 aromatic rings. The second-order valence-corrected chi connectivity index (χ2v) is 6.19. The molecule has 1 saturated heterocycles. The van der Waals surface area contributed by atoms with E-state index in [9.17, 15) is 0 Å². The summed E-state index contributed by atoms with van der Waals surface area (Å²) in [6.45, 7) is 0.0259. The molecule has 0 N–H and O–H groups in total. The molecule has 2 rings (SSSR count). The summed E-state index contributed by atoms with van der Waals surface area (Å²) in [6.07, 6.45) is -3.27. The fourth-order valence-electron chi connectivity index (χ4n) is 1.51. The molecule has 100 valence electrons. The largest absolute Gasteiger partial charge is 0.505 e. The Labute approximate surface area is 130 Å². The third-order valence-electron chi connectivity index (χ3n) is 3.22. The minimum absolute atomic E-state index is 0.0194. The lowest BCUT2D eigenvalue weighted by Gasteiger charge is -2.32. The Kier molecular flexibility index (Phi) is 1.45. The maximum absolute atomic E-state index is 8.29. The molecule has 0 spiro atoms. The van der Waals surface area contributed by atoms with Crippen LogP contribution in [0, 0.1) is 5.89 Å². The Morgan fingerprint density at radius 2 is 2.00 bits per heavy atom. The van der Waals surface area contributed by atoms with Crippen molar-refractivity contribution in [3.63, 3.8) is 0 Å². The van der Waals surface area contributed by atoms with E-state index in [1.165, 1.54) is 0 Å². The molecular weight excluding hydrogens is 243 g/mol. The minimum Gasteiger partial charge on any atom is -0.399 e. The predicted molar refractivity (Wildman–Crippen MR) is 78.6 cm³/mol. The van der Waals surface area contributed by atoms with Crippen LogP contribution in [0.3, 0.4) is 0 Å². The van der Waals surface area contributed by atoms with Crippen molar-refractivity contribution in [3.8, 4) is 0 Å². The fourth-order valence-corrected chi connectivity index (χ4v) is 2.28. The van der Waals surface area contributed by atoms with Crippen molar-refractivity contribution in [3.05, 3.63) is 17.0 Å². The van der Waals surface area contributed by atoms with Crippen LogP contribution < -0.4 is 4.78 Å². The molecule has 0 unspecified atom stereocenters. The van der Waals surface area contributed by atoms with Gasteiger partial charge in [-0.15, -0.1) is 11.3 Å². The van der Waals surface area contributed by atoms with Crippen LogP contribution in [0.1, 0.15) is 61.4 Å². The van der Waals surface area contributed by atoms with Gasteiger partial charge in [-0.05, 0) is 46.0 Å². The molecule has 0 radical (unpaired) electrons. The van der Waals surface area contributed by atoms with E-state index in [2.05, 4.69) is 0 Å². The van der Waals surface area contributed by atoms with Crippen molar-refractivity contribution in [1.82, 2.24) is 0 Å². The summed E-state index contributed by atoms with van der Waals surface area (Å²) in [7, 11) is -1.10. The highest BCUT2D eigenvalue weighted by Crippen LogP contribution is 2.37. The predicted octanol–water partition coefficient (Wildman–Crippen LogP) is 3.25. The van der Waals surface area contributed by atoms with Crippen molar-refractivity contribution in [2.75, 3.05) is 0 Å². The molecule has 0 aliphatic carbocycles. The Hall–Kier alpha value is -0.315. The fraction of sp³-hybridized carbons (Fsp3) is 0.714. The Morgan fingerprint density at radius 3 is 2.56 bits per heavy atom. The summed E-state index contributed by atoms with van der Waals surface area (Å²) in [5.41, 5.74) is -1.54. The van der Waals surface area contributed by atoms with Crippen molar-refractivity contribution < 1.29 is 24.4 Å². The van der Waals surface area contributed by atoms with Crippen molar-refractivity contribution in [2.45, 2.75) is 59.0 Å². The van der Waals surface area contributed by atoms with E-state index >= 15 is 0 Å². The van der Waals surface area contributed by atoms with Crippen LogP contribution in [-0.4, -0.2) is 18.3 Å². The van der Waals surface area contributed by atoms with Gasteiger partial charge in [-0.2, -0.15) is 0 Å². The average Bonchev–Trinajstić information content (AvgIpc) is 2.90. The van der Waals surface area contributed by atoms with E-state index in [4.69, 9.17) is 24.4 Å². The van der Waals surface area contributed by atoms with Crippen LogP contribution in [0.15, 0.2) is 12.1 Å². The molecule has 4 heteroatoms. The average molecular weight is 277 g/mol. The molecule has 2 heterocycles. The maximum Gasteiger partial charge on any atom is 0.505 e. The van der Waals surface area contributed by atoms with Crippen LogP contribution in [0.4, 0.5) is 0 Å². The van der Waals surface area contributed by atoms with E-state index in [-0.39, 0.29) is 4.78 Å². The van der Waals surface area contributed by atoms with Crippen molar-refractivity contribution in [2.24, 2.45) is 5.89 Å². The number of hydrogen-bond donors (Lipinski definition) is 0. The van der Waals surface area contributed by atoms with Crippen LogP contribution in [-0.2, 0) is 15.7 Å². The molecule has 1 aliphatic rings. The first-order valence-electron chi connectivity index (χ1n) is 11.1. The molecule has 1 aromatic heterocycles. The zero-order valence-electron chi connectivity index (χ0n) is 21.8. The molecule has 0 atom stereocenters. The van der Waals surface area contributed by atoms with E-state index in [1.807, 2.05) is 0 Å². The summed E-state index contributed by atoms with van der Waals surface area (Å²) in [4.78, 5) is -0.630. The van der Waals surface area contributed by atoms with Crippen molar-refractivity contribution >= 4 is 23.2 Å². The van der Waals surface area contributed by atoms with Gasteiger partial charge in [-0.25, -0.2) is 0 Å². The van der Waals surface area contributed by atoms with Crippen LogP contribution in [0.5, 0.6) is 0 Å². The minimum atomic E-state index is -3.55. The Bertz CT molecular complexity index is 767. The molecule has 0 amide bonds. The third-order valence-corrected chi connectivity index (χ3v) is 4.14. The first-order chi connectivity index (χ1) is 12.6. The summed E-state index contributed by atoms with van der Waals surface area (Å²) >= 11 is 0.531. The first kappa shape index (κ1) is 5.59. The molecule has 2 nitrogen and oxygen atoms in total. The summed E-state index contributed by atoms with van der Waals surface area (Å²) < 4.78 is 98.0. The van der Waals surface area contributed by atoms with E-state index in [1.54, 1.807) is 27.7 Å². The zero-order valence-corrected chi connectivity index (χ0v) is 11.6. The van der Waals surface area contributed by atoms with E-state index < -0.39 is 61.3 Å². The lowest BCUT2D eigenvalue weighted by molar-refractivity contribution is 0.00578. The van der Waals surface area contributed by atoms with Crippen LogP contribution in [0.25, 0.3) is 0 Å². The van der Waals surface area contributed by atoms with Gasteiger partial charge in [-0.3, -0.25) is 0 Å². The SMILES string of the molecule is [2H]c1c(B2OC(C)(C)C(C)(C)O2)sc(C([2H])([2H])C([2H])(C([2H])([2H])[2H])C([2H])([2H])[2H])c1[2H]. The number of thiophene rings is 1. The number of hydrogen-bond acceptors (Lipinski definition) is 3. The quantitative estimate of drug-likeness (QED) is 0.790. The highest BCUT2D eigenvalue weighted by molar-refractivity contribution is 7.22. The van der Waals surface area contributed by atoms with Gasteiger partial charge in [-0.1, -0.05) is 19.7 Å². The molecule has 0 bridgehead atoms. The summed E-state index contributed by atoms with van der Waals surface area (Å²) in [5.74, 6) is -3.55. The summed E-state index contributed by atoms with van der Waals surface area (Å²) in [5, 5.41) is 0. The topological polar surface area (TPSA) is 18.5 Å². The highest BCUT2D eigenvalue weighted by atomic mass is 32.1. The second kappa shape index (κ2) is 4.66. The van der Waals surface area contributed by atoms with Gasteiger partial charge in [0.05, 0.1) is 13.9 Å². The second-order valence-electron chi connectivity index (χ2n) is 5.13. The molecule has 1 aliphatic heterocycles. The maximum atomic E-state index is 8.29. The van der Waals surface area contributed by atoms with Gasteiger partial charge in [0, 0.05) is 22.0 Å². The molecular formula is C14H23BO2S. The van der Waals surface area contributed by atoms with E-state index in [0.29, 0.717) is 11.3 Å². The lowest BCUT2D eigenvalue weighted by Crippen LogP contribution is -2.41. The Morgan fingerprint density at radius 1 is 1.39 bits per heavy atom. The van der Waals surface area contributed by atoms with Gasteiger partial charge in [0.25, 0.3) is 0 Å². The zero-order chi connectivity index (χ0) is 23.0. The van der Waals surface area contributed by atoms with Crippen molar-refractivity contribution in [1.29, 1.82) is 0 Å². The van der Waals surface area contributed by atoms with Gasteiger partial charge in [0.1, 0.15) is 0 Å². The molecule has 1 fully saturated rings. The van der Waals surface area contributed by atoms with Gasteiger partial charge < -0.3 is 9.31 Å². The van der Waals surface area contributed by atoms with E-state index in [0.717, 1.165) is 0 Å². The normalized spacial score (nSPS) is 33.6. The third kappa shape index (κ3) is 2.66. The van der Waals surface area contributed by atoms with Gasteiger partial charge in [0.2, 0.25) is 0 Å². The molecule has 0 aromatic carbocycles. The highest BCUT2D eigenvalue weighted by Gasteiger charge is 2.52.